The second-order valence-electron chi connectivity index (χ2n) is 3.17. The van der Waals surface area contributed by atoms with Gasteiger partial charge in [0.2, 0.25) is 0 Å². The van der Waals surface area contributed by atoms with Crippen LogP contribution < -0.4 is 0 Å². The molecule has 0 saturated heterocycles. The second-order valence-corrected chi connectivity index (χ2v) is 3.17. The zero-order chi connectivity index (χ0) is 8.59. The van der Waals surface area contributed by atoms with Crippen molar-refractivity contribution in [3.8, 4) is 0 Å². The van der Waals surface area contributed by atoms with Crippen molar-refractivity contribution in [3.05, 3.63) is 11.6 Å². The molecule has 1 rings (SSSR count). The van der Waals surface area contributed by atoms with Gasteiger partial charge in [0, 0.05) is 0 Å². The molecule has 60 valence electrons. The zero-order valence-electron chi connectivity index (χ0n) is 7.05. The Morgan fingerprint density at radius 2 is 2.09 bits per heavy atom. The number of rotatable bonds is 1. The highest BCUT2D eigenvalue weighted by Gasteiger charge is 2.33. The summed E-state index contributed by atoms with van der Waals surface area (Å²) < 4.78 is 0. The lowest BCUT2D eigenvalue weighted by Gasteiger charge is -2.11. The molecule has 0 fully saturated rings. The van der Waals surface area contributed by atoms with Crippen LogP contribution in [0.25, 0.3) is 0 Å². The van der Waals surface area contributed by atoms with Gasteiger partial charge in [-0.05, 0) is 25.8 Å². The van der Waals surface area contributed by atoms with Gasteiger partial charge in [0.05, 0.1) is 5.92 Å². The van der Waals surface area contributed by atoms with Crippen molar-refractivity contribution >= 4 is 11.6 Å². The summed E-state index contributed by atoms with van der Waals surface area (Å²) in [6.07, 6.45) is 1.58. The zero-order valence-corrected chi connectivity index (χ0v) is 7.05. The summed E-state index contributed by atoms with van der Waals surface area (Å²) in [4.78, 5) is 22.1. The van der Waals surface area contributed by atoms with Crippen molar-refractivity contribution in [3.63, 3.8) is 0 Å². The molecule has 0 aromatic rings. The van der Waals surface area contributed by atoms with Gasteiger partial charge < -0.3 is 0 Å². The molecule has 0 bridgehead atoms. The normalized spacial score (nSPS) is 30.5. The molecule has 2 nitrogen and oxygen atoms in total. The van der Waals surface area contributed by atoms with Gasteiger partial charge in [-0.2, -0.15) is 0 Å². The van der Waals surface area contributed by atoms with Gasteiger partial charge in [-0.1, -0.05) is 12.5 Å². The van der Waals surface area contributed by atoms with Gasteiger partial charge in [0.1, 0.15) is 5.78 Å². The molecular formula is C9H12O2. The van der Waals surface area contributed by atoms with Crippen LogP contribution in [-0.4, -0.2) is 11.6 Å². The van der Waals surface area contributed by atoms with E-state index in [0.717, 1.165) is 5.57 Å². The molecule has 0 N–H and O–H groups in total. The Balaban J connectivity index is 2.89. The van der Waals surface area contributed by atoms with Crippen molar-refractivity contribution in [2.45, 2.75) is 20.8 Å². The summed E-state index contributed by atoms with van der Waals surface area (Å²) in [6, 6.07) is 0. The van der Waals surface area contributed by atoms with E-state index >= 15 is 0 Å². The highest BCUT2D eigenvalue weighted by molar-refractivity contribution is 6.09. The van der Waals surface area contributed by atoms with E-state index in [1.165, 1.54) is 6.92 Å². The van der Waals surface area contributed by atoms with Crippen LogP contribution >= 0.6 is 0 Å². The van der Waals surface area contributed by atoms with Gasteiger partial charge in [0.15, 0.2) is 5.78 Å². The van der Waals surface area contributed by atoms with Crippen molar-refractivity contribution in [2.75, 3.05) is 0 Å². The Hall–Kier alpha value is -0.920. The van der Waals surface area contributed by atoms with Crippen LogP contribution in [0.3, 0.4) is 0 Å². The first-order valence-electron chi connectivity index (χ1n) is 3.76. The van der Waals surface area contributed by atoms with E-state index in [4.69, 9.17) is 0 Å². The summed E-state index contributed by atoms with van der Waals surface area (Å²) in [5, 5.41) is 0. The Morgan fingerprint density at radius 3 is 2.27 bits per heavy atom. The van der Waals surface area contributed by atoms with Gasteiger partial charge in [-0.15, -0.1) is 0 Å². The fourth-order valence-electron chi connectivity index (χ4n) is 1.51. The smallest absolute Gasteiger partial charge is 0.166 e. The molecule has 2 unspecified atom stereocenters. The largest absolute Gasteiger partial charge is 0.299 e. The molecule has 0 spiro atoms. The first kappa shape index (κ1) is 8.18. The molecule has 0 aromatic carbocycles. The van der Waals surface area contributed by atoms with Crippen LogP contribution in [0, 0.1) is 11.8 Å². The van der Waals surface area contributed by atoms with Crippen molar-refractivity contribution in [2.24, 2.45) is 11.8 Å². The summed E-state index contributed by atoms with van der Waals surface area (Å²) in [5.41, 5.74) is 1.02. The lowest BCUT2D eigenvalue weighted by atomic mass is 9.90. The van der Waals surface area contributed by atoms with E-state index < -0.39 is 5.92 Å². The molecule has 11 heavy (non-hydrogen) atoms. The lowest BCUT2D eigenvalue weighted by Crippen LogP contribution is -2.22. The number of hydrogen-bond acceptors (Lipinski definition) is 2. The first-order valence-corrected chi connectivity index (χ1v) is 3.76. The molecule has 0 heterocycles. The van der Waals surface area contributed by atoms with E-state index in [-0.39, 0.29) is 17.5 Å². The Kier molecular flexibility index (Phi) is 1.94. The van der Waals surface area contributed by atoms with Crippen molar-refractivity contribution in [1.29, 1.82) is 0 Å². The van der Waals surface area contributed by atoms with Gasteiger partial charge in [-0.3, -0.25) is 9.59 Å². The minimum atomic E-state index is -0.394. The summed E-state index contributed by atoms with van der Waals surface area (Å²) in [5.74, 6) is -0.326. The van der Waals surface area contributed by atoms with Crippen LogP contribution in [0.5, 0.6) is 0 Å². The van der Waals surface area contributed by atoms with Crippen LogP contribution in [-0.2, 0) is 9.59 Å². The summed E-state index contributed by atoms with van der Waals surface area (Å²) in [7, 11) is 0. The minimum Gasteiger partial charge on any atom is -0.299 e. The average molecular weight is 152 g/mol. The number of ketones is 2. The number of hydrogen-bond donors (Lipinski definition) is 0. The number of carbonyl (C=O) groups is 2. The predicted molar refractivity (Wildman–Crippen MR) is 42.1 cm³/mol. The van der Waals surface area contributed by atoms with Crippen LogP contribution in [0.1, 0.15) is 20.8 Å². The van der Waals surface area contributed by atoms with Gasteiger partial charge in [0.25, 0.3) is 0 Å². The third kappa shape index (κ3) is 1.25. The monoisotopic (exact) mass is 152 g/mol. The molecule has 1 aliphatic rings. The van der Waals surface area contributed by atoms with E-state index in [1.807, 2.05) is 13.8 Å². The molecule has 1 aliphatic carbocycles. The maximum absolute atomic E-state index is 11.1. The lowest BCUT2D eigenvalue weighted by molar-refractivity contribution is -0.129. The molecule has 2 atom stereocenters. The third-order valence-electron chi connectivity index (χ3n) is 2.33. The van der Waals surface area contributed by atoms with E-state index in [9.17, 15) is 9.59 Å². The fraction of sp³-hybridized carbons (Fsp3) is 0.556. The standard InChI is InChI=1S/C9H12O2/c1-5-4-8(11)9(6(5)2)7(3)10/h4,6,9H,1-3H3. The Labute approximate surface area is 66.3 Å². The topological polar surface area (TPSA) is 34.1 Å². The summed E-state index contributed by atoms with van der Waals surface area (Å²) in [6.45, 7) is 5.29. The minimum absolute atomic E-state index is 0.0180. The number of allylic oxidation sites excluding steroid dienone is 2. The molecular weight excluding hydrogens is 140 g/mol. The maximum atomic E-state index is 11.1. The molecule has 0 radical (unpaired) electrons. The predicted octanol–water partition coefficient (Wildman–Crippen LogP) is 1.36. The third-order valence-corrected chi connectivity index (χ3v) is 2.33. The maximum Gasteiger partial charge on any atom is 0.166 e. The van der Waals surface area contributed by atoms with Crippen molar-refractivity contribution < 1.29 is 9.59 Å². The van der Waals surface area contributed by atoms with E-state index in [1.54, 1.807) is 6.08 Å². The van der Waals surface area contributed by atoms with Crippen LogP contribution in [0.2, 0.25) is 0 Å². The number of carbonyl (C=O) groups excluding carboxylic acids is 2. The quantitative estimate of drug-likeness (QED) is 0.531. The number of Topliss-reactive ketones (excluding diaryl/α,β-unsaturated/α-hetero) is 1. The Bertz CT molecular complexity index is 238. The van der Waals surface area contributed by atoms with Gasteiger partial charge in [-0.25, -0.2) is 0 Å². The average Bonchev–Trinajstić information content (AvgIpc) is 2.07. The molecule has 2 heteroatoms. The van der Waals surface area contributed by atoms with Crippen LogP contribution in [0.15, 0.2) is 11.6 Å². The van der Waals surface area contributed by atoms with Crippen molar-refractivity contribution in [1.82, 2.24) is 0 Å². The molecule has 0 aromatic heterocycles. The van der Waals surface area contributed by atoms with Gasteiger partial charge >= 0.3 is 0 Å². The molecule has 0 amide bonds. The summed E-state index contributed by atoms with van der Waals surface area (Å²) >= 11 is 0. The fourth-order valence-corrected chi connectivity index (χ4v) is 1.51. The first-order chi connectivity index (χ1) is 5.04. The second kappa shape index (κ2) is 2.61. The highest BCUT2D eigenvalue weighted by Crippen LogP contribution is 2.28. The van der Waals surface area contributed by atoms with E-state index in [0.29, 0.717) is 0 Å². The molecule has 0 saturated carbocycles. The highest BCUT2D eigenvalue weighted by atomic mass is 16.1. The van der Waals surface area contributed by atoms with Crippen LogP contribution in [0.4, 0.5) is 0 Å². The van der Waals surface area contributed by atoms with E-state index in [2.05, 4.69) is 0 Å². The molecule has 0 aliphatic heterocycles. The Morgan fingerprint density at radius 1 is 1.55 bits per heavy atom. The SMILES string of the molecule is CC(=O)C1C(=O)C=C(C)C1C.